The lowest BCUT2D eigenvalue weighted by molar-refractivity contribution is -0.136. The molecule has 32 heavy (non-hydrogen) atoms. The number of carbonyl (C=O) groups excluding carboxylic acids is 3. The van der Waals surface area contributed by atoms with Gasteiger partial charge >= 0.3 is 0 Å². The third-order valence-corrected chi connectivity index (χ3v) is 6.97. The van der Waals surface area contributed by atoms with E-state index in [0.717, 1.165) is 29.9 Å². The predicted molar refractivity (Wildman–Crippen MR) is 119 cm³/mol. The highest BCUT2D eigenvalue weighted by Gasteiger charge is 2.39. The number of hydrogen-bond acceptors (Lipinski definition) is 5. The lowest BCUT2D eigenvalue weighted by atomic mass is 10.0. The summed E-state index contributed by atoms with van der Waals surface area (Å²) in [5, 5.41) is 2.35. The average Bonchev–Trinajstić information content (AvgIpc) is 3.11. The zero-order valence-electron chi connectivity index (χ0n) is 18.3. The second kappa shape index (κ2) is 8.47. The Kier molecular flexibility index (Phi) is 5.51. The normalized spacial score (nSPS) is 23.9. The lowest BCUT2D eigenvalue weighted by Crippen LogP contribution is -2.52. The molecule has 166 valence electrons. The van der Waals surface area contributed by atoms with Gasteiger partial charge in [-0.2, -0.15) is 0 Å². The topological polar surface area (TPSA) is 82.6 Å². The van der Waals surface area contributed by atoms with E-state index in [9.17, 15) is 14.4 Å². The van der Waals surface area contributed by atoms with Gasteiger partial charge in [0, 0.05) is 42.9 Å². The van der Waals surface area contributed by atoms with E-state index in [4.69, 9.17) is 0 Å². The number of pyridine rings is 1. The Morgan fingerprint density at radius 2 is 1.97 bits per heavy atom. The van der Waals surface area contributed by atoms with Gasteiger partial charge in [-0.25, -0.2) is 0 Å². The van der Waals surface area contributed by atoms with Crippen LogP contribution in [0.4, 0.5) is 0 Å². The van der Waals surface area contributed by atoms with E-state index >= 15 is 0 Å². The van der Waals surface area contributed by atoms with Gasteiger partial charge in [0.05, 0.1) is 5.69 Å². The maximum absolute atomic E-state index is 12.9. The van der Waals surface area contributed by atoms with Crippen molar-refractivity contribution in [3.05, 3.63) is 53.2 Å². The van der Waals surface area contributed by atoms with Gasteiger partial charge in [-0.05, 0) is 68.1 Å². The van der Waals surface area contributed by atoms with Crippen LogP contribution >= 0.6 is 0 Å². The molecule has 7 nitrogen and oxygen atoms in total. The highest BCUT2D eigenvalue weighted by atomic mass is 16.2. The third kappa shape index (κ3) is 3.93. The molecule has 0 spiro atoms. The van der Waals surface area contributed by atoms with Crippen LogP contribution in [0, 0.1) is 0 Å². The minimum absolute atomic E-state index is 0.151. The summed E-state index contributed by atoms with van der Waals surface area (Å²) < 4.78 is 0. The fourth-order valence-electron chi connectivity index (χ4n) is 5.09. The van der Waals surface area contributed by atoms with Gasteiger partial charge in [0.1, 0.15) is 6.04 Å². The molecule has 7 heteroatoms. The van der Waals surface area contributed by atoms with Crippen molar-refractivity contribution in [2.75, 3.05) is 6.54 Å². The van der Waals surface area contributed by atoms with Crippen molar-refractivity contribution < 1.29 is 14.4 Å². The number of carbonyl (C=O) groups is 3. The smallest absolute Gasteiger partial charge is 0.255 e. The first-order valence-corrected chi connectivity index (χ1v) is 11.5. The van der Waals surface area contributed by atoms with Crippen LogP contribution in [-0.4, -0.2) is 51.1 Å². The van der Waals surface area contributed by atoms with E-state index in [1.807, 2.05) is 24.4 Å². The van der Waals surface area contributed by atoms with Gasteiger partial charge in [-0.1, -0.05) is 12.5 Å². The Balaban J connectivity index is 1.35. The number of imide groups is 1. The van der Waals surface area contributed by atoms with Crippen molar-refractivity contribution in [1.82, 2.24) is 20.1 Å². The molecule has 1 aromatic heterocycles. The van der Waals surface area contributed by atoms with Crippen molar-refractivity contribution in [2.45, 2.75) is 64.2 Å². The maximum atomic E-state index is 12.9. The molecule has 5 rings (SSSR count). The molecule has 0 saturated carbocycles. The minimum atomic E-state index is -0.593. The number of benzene rings is 1. The molecule has 2 fully saturated rings. The van der Waals surface area contributed by atoms with Gasteiger partial charge in [0.2, 0.25) is 11.8 Å². The van der Waals surface area contributed by atoms with Gasteiger partial charge in [-0.15, -0.1) is 0 Å². The highest BCUT2D eigenvalue weighted by Crippen LogP contribution is 2.31. The summed E-state index contributed by atoms with van der Waals surface area (Å²) in [7, 11) is 0. The van der Waals surface area contributed by atoms with E-state index in [1.165, 1.54) is 24.8 Å². The Bertz CT molecular complexity index is 1080. The second-order valence-corrected chi connectivity index (χ2v) is 9.14. The van der Waals surface area contributed by atoms with Crippen molar-refractivity contribution in [3.63, 3.8) is 0 Å². The monoisotopic (exact) mass is 432 g/mol. The molecule has 0 bridgehead atoms. The minimum Gasteiger partial charge on any atom is -0.322 e. The van der Waals surface area contributed by atoms with Crippen LogP contribution in [0.1, 0.15) is 60.5 Å². The lowest BCUT2D eigenvalue weighted by Gasteiger charge is -2.33. The molecule has 0 radical (unpaired) electrons. The molecule has 3 aliphatic rings. The molecule has 3 aliphatic heterocycles. The molecule has 2 atom stereocenters. The number of hydrogen-bond donors (Lipinski definition) is 1. The number of likely N-dealkylation sites (tertiary alicyclic amines) is 1. The summed E-state index contributed by atoms with van der Waals surface area (Å²) in [6.07, 6.45) is 6.30. The quantitative estimate of drug-likeness (QED) is 0.752. The number of rotatable bonds is 4. The van der Waals surface area contributed by atoms with Crippen LogP contribution < -0.4 is 5.32 Å². The Labute approximate surface area is 187 Å². The van der Waals surface area contributed by atoms with Crippen LogP contribution in [-0.2, 0) is 22.7 Å². The number of aromatic nitrogens is 1. The van der Waals surface area contributed by atoms with Gasteiger partial charge in [-0.3, -0.25) is 29.6 Å². The molecule has 4 heterocycles. The average molecular weight is 433 g/mol. The fourth-order valence-corrected chi connectivity index (χ4v) is 5.09. The van der Waals surface area contributed by atoms with E-state index in [1.54, 1.807) is 4.90 Å². The van der Waals surface area contributed by atoms with Gasteiger partial charge in [0.25, 0.3) is 5.91 Å². The van der Waals surface area contributed by atoms with Crippen LogP contribution in [0.3, 0.4) is 0 Å². The van der Waals surface area contributed by atoms with Crippen molar-refractivity contribution in [3.8, 4) is 11.3 Å². The summed E-state index contributed by atoms with van der Waals surface area (Å²) in [6, 6.07) is 9.99. The van der Waals surface area contributed by atoms with Gasteiger partial charge in [0.15, 0.2) is 0 Å². The number of amides is 3. The van der Waals surface area contributed by atoms with Crippen molar-refractivity contribution in [2.24, 2.45) is 0 Å². The molecule has 2 aromatic rings. The van der Waals surface area contributed by atoms with Crippen LogP contribution in [0.2, 0.25) is 0 Å². The Hall–Kier alpha value is -3.06. The molecule has 1 unspecified atom stereocenters. The molecule has 3 amide bonds. The van der Waals surface area contributed by atoms with E-state index in [0.29, 0.717) is 24.6 Å². The molecule has 1 N–H and O–H groups in total. The molecule has 2 saturated heterocycles. The number of nitrogens with one attached hydrogen (secondary N) is 1. The fraction of sp³-hybridized carbons (Fsp3) is 0.440. The van der Waals surface area contributed by atoms with Gasteiger partial charge < -0.3 is 4.90 Å². The second-order valence-electron chi connectivity index (χ2n) is 9.14. The number of nitrogens with zero attached hydrogens (tertiary/aromatic N) is 3. The zero-order valence-corrected chi connectivity index (χ0v) is 18.3. The van der Waals surface area contributed by atoms with Crippen LogP contribution in [0.25, 0.3) is 11.3 Å². The van der Waals surface area contributed by atoms with Crippen molar-refractivity contribution >= 4 is 17.7 Å². The zero-order chi connectivity index (χ0) is 22.2. The number of piperidine rings is 2. The number of fused-ring (bicyclic) bond motifs is 1. The van der Waals surface area contributed by atoms with Crippen LogP contribution in [0.5, 0.6) is 0 Å². The first kappa shape index (κ1) is 20.8. The molecule has 0 aliphatic carbocycles. The summed E-state index contributed by atoms with van der Waals surface area (Å²) >= 11 is 0. The van der Waals surface area contributed by atoms with E-state index in [2.05, 4.69) is 34.3 Å². The summed E-state index contributed by atoms with van der Waals surface area (Å²) in [5.74, 6) is -0.812. The molecular weight excluding hydrogens is 404 g/mol. The first-order chi connectivity index (χ1) is 15.5. The largest absolute Gasteiger partial charge is 0.322 e. The summed E-state index contributed by atoms with van der Waals surface area (Å²) in [5.41, 5.74) is 4.62. The molecule has 1 aromatic carbocycles. The SMILES string of the molecule is C[C@@H]1CCCCN1Cc1ccnc(-c2ccc3c(c2)CN(C2CCC(=O)NC2=O)C3=O)c1. The predicted octanol–water partition coefficient (Wildman–Crippen LogP) is 2.88. The highest BCUT2D eigenvalue weighted by molar-refractivity contribution is 6.05. The molecular formula is C25H28N4O3. The van der Waals surface area contributed by atoms with Crippen LogP contribution in [0.15, 0.2) is 36.5 Å². The Morgan fingerprint density at radius 1 is 1.09 bits per heavy atom. The standard InChI is InChI=1S/C25H28N4O3/c1-16-4-2-3-11-28(16)14-17-9-10-26-21(12-17)18-5-6-20-19(13-18)15-29(25(20)32)22-7-8-23(30)27-24(22)31/h5-6,9-10,12-13,16,22H,2-4,7-8,11,14-15H2,1H3,(H,27,30,31)/t16-,22?/m1/s1. The Morgan fingerprint density at radius 3 is 2.78 bits per heavy atom. The first-order valence-electron chi connectivity index (χ1n) is 11.5. The maximum Gasteiger partial charge on any atom is 0.255 e. The van der Waals surface area contributed by atoms with E-state index in [-0.39, 0.29) is 24.1 Å². The summed E-state index contributed by atoms with van der Waals surface area (Å²) in [6.45, 7) is 4.73. The van der Waals surface area contributed by atoms with Crippen molar-refractivity contribution in [1.29, 1.82) is 0 Å². The summed E-state index contributed by atoms with van der Waals surface area (Å²) in [4.78, 5) is 45.3. The third-order valence-electron chi connectivity index (χ3n) is 6.97. The van der Waals surface area contributed by atoms with E-state index < -0.39 is 6.04 Å².